The fraction of sp³-hybridized carbons (Fsp3) is 0.800. The summed E-state index contributed by atoms with van der Waals surface area (Å²) in [7, 11) is -4.67. The molecule has 0 rings (SSSR count). The summed E-state index contributed by atoms with van der Waals surface area (Å²) in [5, 5.41) is 12.7. The molecule has 0 aromatic rings. The van der Waals surface area contributed by atoms with E-state index in [-0.39, 0.29) is 0 Å². The molecule has 13 heavy (non-hydrogen) atoms. The highest BCUT2D eigenvalue weighted by Gasteiger charge is 1.85. The van der Waals surface area contributed by atoms with Gasteiger partial charge in [-0.25, -0.2) is 0 Å². The van der Waals surface area contributed by atoms with Gasteiger partial charge in [-0.15, -0.1) is 0 Å². The van der Waals surface area contributed by atoms with Crippen molar-refractivity contribution in [2.75, 3.05) is 13.1 Å². The van der Waals surface area contributed by atoms with Gasteiger partial charge in [-0.3, -0.25) is 14.5 Å². The van der Waals surface area contributed by atoms with Gasteiger partial charge in [0, 0.05) is 13.1 Å². The Morgan fingerprint density at radius 3 is 1.62 bits per heavy atom. The van der Waals surface area contributed by atoms with Crippen molar-refractivity contribution in [1.29, 1.82) is 5.41 Å². The van der Waals surface area contributed by atoms with E-state index in [4.69, 9.17) is 22.9 Å². The molecule has 0 aliphatic carbocycles. The third kappa shape index (κ3) is 35.2. The molecule has 0 amide bonds. The Bertz CT molecular complexity index is 210. The van der Waals surface area contributed by atoms with Gasteiger partial charge in [0.1, 0.15) is 0 Å². The summed E-state index contributed by atoms with van der Waals surface area (Å²) in [4.78, 5) is 0. The zero-order valence-electron chi connectivity index (χ0n) is 7.53. The molecular weight excluding hydrogens is 198 g/mol. The molecule has 5 N–H and O–H groups in total. The molecule has 0 aliphatic rings. The van der Waals surface area contributed by atoms with Gasteiger partial charge in [-0.1, -0.05) is 0 Å². The van der Waals surface area contributed by atoms with E-state index in [2.05, 4.69) is 10.6 Å². The molecule has 0 radical (unpaired) electrons. The minimum Gasteiger partial charge on any atom is -0.357 e. The van der Waals surface area contributed by atoms with E-state index in [1.807, 2.05) is 13.8 Å². The van der Waals surface area contributed by atoms with E-state index in [0.717, 1.165) is 13.1 Å². The first-order chi connectivity index (χ1) is 5.81. The van der Waals surface area contributed by atoms with Crippen LogP contribution in [0, 0.1) is 5.41 Å². The van der Waals surface area contributed by atoms with Gasteiger partial charge in [0.15, 0.2) is 5.96 Å². The second-order valence-electron chi connectivity index (χ2n) is 1.88. The quantitative estimate of drug-likeness (QED) is 0.239. The average Bonchev–Trinajstić information content (AvgIpc) is 1.84. The van der Waals surface area contributed by atoms with Crippen LogP contribution in [0.3, 0.4) is 0 Å². The summed E-state index contributed by atoms with van der Waals surface area (Å²) >= 11 is 0. The Morgan fingerprint density at radius 2 is 1.46 bits per heavy atom. The number of nitrogens with one attached hydrogen (secondary N) is 3. The SMILES string of the molecule is CCNC(=N)NCC.O=S(=O)(O)O. The first-order valence-electron chi connectivity index (χ1n) is 3.57. The lowest BCUT2D eigenvalue weighted by Crippen LogP contribution is -2.35. The van der Waals surface area contributed by atoms with Crippen LogP contribution in [-0.4, -0.2) is 36.6 Å². The van der Waals surface area contributed by atoms with Gasteiger partial charge in [0.05, 0.1) is 0 Å². The fourth-order valence-electron chi connectivity index (χ4n) is 0.416. The van der Waals surface area contributed by atoms with Crippen molar-refractivity contribution < 1.29 is 17.5 Å². The predicted octanol–water partition coefficient (Wildman–Crippen LogP) is -0.513. The standard InChI is InChI=1S/C5H13N3.H2O4S/c1-3-7-5(6)8-4-2;1-5(2,3)4/h3-4H2,1-2H3,(H3,6,7,8);(H2,1,2,3,4). The van der Waals surface area contributed by atoms with Crippen molar-refractivity contribution in [2.24, 2.45) is 0 Å². The average molecular weight is 213 g/mol. The summed E-state index contributed by atoms with van der Waals surface area (Å²) in [5.41, 5.74) is 0. The van der Waals surface area contributed by atoms with Crippen molar-refractivity contribution in [3.8, 4) is 0 Å². The Morgan fingerprint density at radius 1 is 1.23 bits per heavy atom. The number of rotatable bonds is 2. The summed E-state index contributed by atoms with van der Waals surface area (Å²) in [6, 6.07) is 0. The van der Waals surface area contributed by atoms with Crippen molar-refractivity contribution in [3.63, 3.8) is 0 Å². The van der Waals surface area contributed by atoms with Crippen molar-refractivity contribution >= 4 is 16.4 Å². The van der Waals surface area contributed by atoms with Gasteiger partial charge >= 0.3 is 10.4 Å². The number of hydrogen-bond donors (Lipinski definition) is 5. The minimum absolute atomic E-state index is 0.412. The van der Waals surface area contributed by atoms with Crippen molar-refractivity contribution in [2.45, 2.75) is 13.8 Å². The van der Waals surface area contributed by atoms with Crippen molar-refractivity contribution in [1.82, 2.24) is 10.6 Å². The molecule has 0 saturated heterocycles. The van der Waals surface area contributed by atoms with Crippen LogP contribution in [0.1, 0.15) is 13.8 Å². The number of guanidine groups is 1. The number of hydrogen-bond acceptors (Lipinski definition) is 3. The fourth-order valence-corrected chi connectivity index (χ4v) is 0.416. The van der Waals surface area contributed by atoms with Crippen LogP contribution < -0.4 is 10.6 Å². The molecular formula is C5H15N3O4S. The first kappa shape index (κ1) is 14.7. The van der Waals surface area contributed by atoms with Crippen molar-refractivity contribution in [3.05, 3.63) is 0 Å². The molecule has 80 valence electrons. The molecule has 0 unspecified atom stereocenters. The van der Waals surface area contributed by atoms with Gasteiger partial charge < -0.3 is 10.6 Å². The Hall–Kier alpha value is -0.860. The molecule has 0 aromatic carbocycles. The monoisotopic (exact) mass is 213 g/mol. The van der Waals surface area contributed by atoms with E-state index < -0.39 is 10.4 Å². The van der Waals surface area contributed by atoms with E-state index in [0.29, 0.717) is 5.96 Å². The lowest BCUT2D eigenvalue weighted by molar-refractivity contribution is 0.381. The molecule has 0 aliphatic heterocycles. The normalized spacial score (nSPS) is 9.54. The molecule has 0 saturated carbocycles. The molecule has 0 aromatic heterocycles. The molecule has 0 spiro atoms. The van der Waals surface area contributed by atoms with Crippen LogP contribution in [0.15, 0.2) is 0 Å². The Labute approximate surface area is 77.6 Å². The van der Waals surface area contributed by atoms with E-state index in [9.17, 15) is 0 Å². The second-order valence-corrected chi connectivity index (χ2v) is 2.78. The van der Waals surface area contributed by atoms with E-state index in [1.54, 1.807) is 0 Å². The zero-order valence-corrected chi connectivity index (χ0v) is 8.35. The lowest BCUT2D eigenvalue weighted by Gasteiger charge is -2.03. The van der Waals surface area contributed by atoms with Crippen LogP contribution in [0.25, 0.3) is 0 Å². The van der Waals surface area contributed by atoms with Crippen LogP contribution in [0.2, 0.25) is 0 Å². The van der Waals surface area contributed by atoms with Crippen LogP contribution in [-0.2, 0) is 10.4 Å². The molecule has 0 fully saturated rings. The maximum atomic E-state index is 8.74. The van der Waals surface area contributed by atoms with Gasteiger partial charge in [-0.05, 0) is 13.8 Å². The molecule has 0 atom stereocenters. The highest BCUT2D eigenvalue weighted by molar-refractivity contribution is 7.79. The maximum absolute atomic E-state index is 8.74. The van der Waals surface area contributed by atoms with Crippen LogP contribution in [0.5, 0.6) is 0 Å². The Balaban J connectivity index is 0. The summed E-state index contributed by atoms with van der Waals surface area (Å²) in [5.74, 6) is 0.412. The predicted molar refractivity (Wildman–Crippen MR) is 49.3 cm³/mol. The maximum Gasteiger partial charge on any atom is 0.394 e. The topological polar surface area (TPSA) is 123 Å². The third-order valence-electron chi connectivity index (χ3n) is 0.707. The summed E-state index contributed by atoms with van der Waals surface area (Å²) in [6.07, 6.45) is 0. The van der Waals surface area contributed by atoms with Crippen LogP contribution in [0.4, 0.5) is 0 Å². The highest BCUT2D eigenvalue weighted by atomic mass is 32.3. The second kappa shape index (κ2) is 7.77. The minimum atomic E-state index is -4.67. The van der Waals surface area contributed by atoms with Gasteiger partial charge in [0.25, 0.3) is 0 Å². The van der Waals surface area contributed by atoms with E-state index in [1.165, 1.54) is 0 Å². The molecule has 0 heterocycles. The van der Waals surface area contributed by atoms with E-state index >= 15 is 0 Å². The molecule has 0 bridgehead atoms. The third-order valence-corrected chi connectivity index (χ3v) is 0.707. The summed E-state index contributed by atoms with van der Waals surface area (Å²) < 4.78 is 31.6. The van der Waals surface area contributed by atoms with Gasteiger partial charge in [0.2, 0.25) is 0 Å². The Kier molecular flexibility index (Phi) is 8.76. The lowest BCUT2D eigenvalue weighted by atomic mass is 10.7. The van der Waals surface area contributed by atoms with Crippen LogP contribution >= 0.6 is 0 Å². The molecule has 8 heteroatoms. The smallest absolute Gasteiger partial charge is 0.357 e. The first-order valence-corrected chi connectivity index (χ1v) is 4.97. The zero-order chi connectivity index (χ0) is 10.9. The largest absolute Gasteiger partial charge is 0.394 e. The van der Waals surface area contributed by atoms with Gasteiger partial charge in [-0.2, -0.15) is 8.42 Å². The highest BCUT2D eigenvalue weighted by Crippen LogP contribution is 1.59. The molecule has 7 nitrogen and oxygen atoms in total. The summed E-state index contributed by atoms with van der Waals surface area (Å²) in [6.45, 7) is 5.55.